The summed E-state index contributed by atoms with van der Waals surface area (Å²) in [6.45, 7) is 0. The summed E-state index contributed by atoms with van der Waals surface area (Å²) in [6, 6.07) is 7.38. The SMILES string of the molecule is N#CCc1ncc(-c2ccc3[nH]c(=O)oc3c2)[nH]1. The van der Waals surface area contributed by atoms with Crippen LogP contribution < -0.4 is 5.76 Å². The Hall–Kier alpha value is -2.81. The van der Waals surface area contributed by atoms with Crippen molar-refractivity contribution in [3.8, 4) is 17.3 Å². The molecule has 0 unspecified atom stereocenters. The third kappa shape index (κ3) is 1.68. The zero-order valence-electron chi connectivity index (χ0n) is 9.23. The van der Waals surface area contributed by atoms with Gasteiger partial charge in [0, 0.05) is 5.56 Å². The summed E-state index contributed by atoms with van der Waals surface area (Å²) >= 11 is 0. The Morgan fingerprint density at radius 3 is 3.11 bits per heavy atom. The van der Waals surface area contributed by atoms with E-state index >= 15 is 0 Å². The van der Waals surface area contributed by atoms with Crippen molar-refractivity contribution in [1.29, 1.82) is 5.26 Å². The molecule has 2 aromatic heterocycles. The lowest BCUT2D eigenvalue weighted by Crippen LogP contribution is -1.92. The van der Waals surface area contributed by atoms with Crippen LogP contribution in [0.25, 0.3) is 22.4 Å². The van der Waals surface area contributed by atoms with Crippen LogP contribution in [0.4, 0.5) is 0 Å². The number of hydrogen-bond acceptors (Lipinski definition) is 4. The van der Waals surface area contributed by atoms with Crippen molar-refractivity contribution >= 4 is 11.1 Å². The first-order chi connectivity index (χ1) is 8.76. The van der Waals surface area contributed by atoms with E-state index in [-0.39, 0.29) is 6.42 Å². The molecule has 6 nitrogen and oxygen atoms in total. The number of imidazole rings is 1. The number of nitriles is 1. The first kappa shape index (κ1) is 10.4. The van der Waals surface area contributed by atoms with E-state index in [1.807, 2.05) is 12.1 Å². The van der Waals surface area contributed by atoms with E-state index in [0.29, 0.717) is 16.9 Å². The largest absolute Gasteiger partial charge is 0.417 e. The van der Waals surface area contributed by atoms with Gasteiger partial charge in [-0.2, -0.15) is 5.26 Å². The van der Waals surface area contributed by atoms with Gasteiger partial charge < -0.3 is 9.40 Å². The third-order valence-corrected chi connectivity index (χ3v) is 2.61. The minimum Gasteiger partial charge on any atom is -0.408 e. The van der Waals surface area contributed by atoms with Crippen molar-refractivity contribution in [3.05, 3.63) is 40.8 Å². The van der Waals surface area contributed by atoms with Crippen molar-refractivity contribution in [2.75, 3.05) is 0 Å². The second-order valence-corrected chi connectivity index (χ2v) is 3.80. The Morgan fingerprint density at radius 2 is 2.28 bits per heavy atom. The number of nitrogens with one attached hydrogen (secondary N) is 2. The fourth-order valence-electron chi connectivity index (χ4n) is 1.79. The first-order valence-corrected chi connectivity index (χ1v) is 5.30. The van der Waals surface area contributed by atoms with Crippen LogP contribution in [0.3, 0.4) is 0 Å². The maximum absolute atomic E-state index is 11.0. The molecule has 0 atom stereocenters. The topological polar surface area (TPSA) is 98.5 Å². The Bertz CT molecular complexity index is 803. The van der Waals surface area contributed by atoms with Crippen LogP contribution in [0.1, 0.15) is 5.82 Å². The molecule has 2 N–H and O–H groups in total. The number of H-pyrrole nitrogens is 2. The Balaban J connectivity index is 2.07. The number of aromatic nitrogens is 3. The van der Waals surface area contributed by atoms with Crippen LogP contribution in [0, 0.1) is 11.3 Å². The monoisotopic (exact) mass is 240 g/mol. The minimum absolute atomic E-state index is 0.238. The Morgan fingerprint density at radius 1 is 1.39 bits per heavy atom. The maximum atomic E-state index is 11.0. The lowest BCUT2D eigenvalue weighted by molar-refractivity contribution is 0.555. The van der Waals surface area contributed by atoms with E-state index in [0.717, 1.165) is 11.3 Å². The zero-order valence-corrected chi connectivity index (χ0v) is 9.23. The molecule has 88 valence electrons. The number of aromatic amines is 2. The number of benzene rings is 1. The second kappa shape index (κ2) is 3.89. The van der Waals surface area contributed by atoms with Gasteiger partial charge in [0.25, 0.3) is 0 Å². The fraction of sp³-hybridized carbons (Fsp3) is 0.0833. The highest BCUT2D eigenvalue weighted by Crippen LogP contribution is 2.21. The van der Waals surface area contributed by atoms with Crippen molar-refractivity contribution in [2.24, 2.45) is 0 Å². The lowest BCUT2D eigenvalue weighted by Gasteiger charge is -1.96. The molecule has 0 amide bonds. The van der Waals surface area contributed by atoms with Gasteiger partial charge in [-0.25, -0.2) is 9.78 Å². The van der Waals surface area contributed by atoms with Crippen LogP contribution in [0.2, 0.25) is 0 Å². The summed E-state index contributed by atoms with van der Waals surface area (Å²) in [5.41, 5.74) is 2.78. The van der Waals surface area contributed by atoms with Crippen molar-refractivity contribution in [3.63, 3.8) is 0 Å². The molecule has 18 heavy (non-hydrogen) atoms. The van der Waals surface area contributed by atoms with Crippen LogP contribution in [0.5, 0.6) is 0 Å². The van der Waals surface area contributed by atoms with Gasteiger partial charge in [-0.1, -0.05) is 6.07 Å². The Kier molecular flexibility index (Phi) is 2.24. The van der Waals surface area contributed by atoms with E-state index in [1.165, 1.54) is 0 Å². The summed E-state index contributed by atoms with van der Waals surface area (Å²) in [5, 5.41) is 8.58. The van der Waals surface area contributed by atoms with Crippen LogP contribution in [-0.2, 0) is 6.42 Å². The molecule has 2 heterocycles. The predicted octanol–water partition coefficient (Wildman–Crippen LogP) is 1.58. The normalized spacial score (nSPS) is 10.6. The molecular formula is C12H8N4O2. The first-order valence-electron chi connectivity index (χ1n) is 5.30. The van der Waals surface area contributed by atoms with Gasteiger partial charge in [0.1, 0.15) is 5.82 Å². The third-order valence-electron chi connectivity index (χ3n) is 2.61. The number of fused-ring (bicyclic) bond motifs is 1. The van der Waals surface area contributed by atoms with Gasteiger partial charge in [-0.15, -0.1) is 0 Å². The second-order valence-electron chi connectivity index (χ2n) is 3.80. The van der Waals surface area contributed by atoms with Crippen LogP contribution in [-0.4, -0.2) is 15.0 Å². The van der Waals surface area contributed by atoms with E-state index < -0.39 is 5.76 Å². The minimum atomic E-state index is -0.475. The van der Waals surface area contributed by atoms with Gasteiger partial charge in [-0.05, 0) is 12.1 Å². The van der Waals surface area contributed by atoms with Crippen LogP contribution >= 0.6 is 0 Å². The average Bonchev–Trinajstić information content (AvgIpc) is 2.93. The fourth-order valence-corrected chi connectivity index (χ4v) is 1.79. The van der Waals surface area contributed by atoms with E-state index in [1.54, 1.807) is 18.3 Å². The lowest BCUT2D eigenvalue weighted by atomic mass is 10.1. The van der Waals surface area contributed by atoms with Crippen molar-refractivity contribution < 1.29 is 4.42 Å². The molecule has 3 aromatic rings. The zero-order chi connectivity index (χ0) is 12.5. The predicted molar refractivity (Wildman–Crippen MR) is 63.7 cm³/mol. The smallest absolute Gasteiger partial charge is 0.408 e. The molecule has 0 saturated carbocycles. The summed E-state index contributed by atoms with van der Waals surface area (Å²) in [4.78, 5) is 20.7. The molecule has 1 aromatic carbocycles. The summed E-state index contributed by atoms with van der Waals surface area (Å²) in [6.07, 6.45) is 1.89. The van der Waals surface area contributed by atoms with Gasteiger partial charge in [0.2, 0.25) is 0 Å². The highest BCUT2D eigenvalue weighted by atomic mass is 16.4. The molecule has 0 bridgehead atoms. The average molecular weight is 240 g/mol. The van der Waals surface area contributed by atoms with E-state index in [9.17, 15) is 4.79 Å². The molecule has 0 spiro atoms. The van der Waals surface area contributed by atoms with Gasteiger partial charge in [0.15, 0.2) is 5.58 Å². The number of rotatable bonds is 2. The molecule has 0 radical (unpaired) electrons. The quantitative estimate of drug-likeness (QED) is 0.710. The highest BCUT2D eigenvalue weighted by molar-refractivity contribution is 5.78. The van der Waals surface area contributed by atoms with E-state index in [4.69, 9.17) is 9.68 Å². The van der Waals surface area contributed by atoms with Crippen LogP contribution in [0.15, 0.2) is 33.6 Å². The molecule has 0 aliphatic carbocycles. The summed E-state index contributed by atoms with van der Waals surface area (Å²) in [7, 11) is 0. The standard InChI is InChI=1S/C12H8N4O2/c13-4-3-11-14-6-9(15-11)7-1-2-8-10(5-7)18-12(17)16-8/h1-2,5-6H,3H2,(H,14,15)(H,16,17). The van der Waals surface area contributed by atoms with Gasteiger partial charge in [0.05, 0.1) is 29.9 Å². The van der Waals surface area contributed by atoms with Gasteiger partial charge in [-0.3, -0.25) is 4.98 Å². The molecule has 6 heteroatoms. The highest BCUT2D eigenvalue weighted by Gasteiger charge is 2.06. The maximum Gasteiger partial charge on any atom is 0.417 e. The van der Waals surface area contributed by atoms with Gasteiger partial charge >= 0.3 is 5.76 Å². The molecule has 0 fully saturated rings. The molecule has 0 saturated heterocycles. The number of oxazole rings is 1. The Labute approximate surface area is 101 Å². The molecule has 3 rings (SSSR count). The summed E-state index contributed by atoms with van der Waals surface area (Å²) in [5.74, 6) is 0.139. The molecule has 0 aliphatic rings. The molecule has 0 aliphatic heterocycles. The number of hydrogen-bond donors (Lipinski definition) is 2. The summed E-state index contributed by atoms with van der Waals surface area (Å²) < 4.78 is 4.99. The number of nitrogens with zero attached hydrogens (tertiary/aromatic N) is 2. The molecular weight excluding hydrogens is 232 g/mol. The van der Waals surface area contributed by atoms with E-state index in [2.05, 4.69) is 15.0 Å². The van der Waals surface area contributed by atoms with Crippen molar-refractivity contribution in [1.82, 2.24) is 15.0 Å². The van der Waals surface area contributed by atoms with Crippen molar-refractivity contribution in [2.45, 2.75) is 6.42 Å².